The zero-order valence-corrected chi connectivity index (χ0v) is 9.06. The van der Waals surface area contributed by atoms with Crippen molar-refractivity contribution >= 4 is 5.91 Å². The van der Waals surface area contributed by atoms with Crippen molar-refractivity contribution < 1.29 is 20.3 Å². The minimum absolute atomic E-state index is 0.179. The van der Waals surface area contributed by atoms with Gasteiger partial charge in [-0.2, -0.15) is 0 Å². The van der Waals surface area contributed by atoms with Gasteiger partial charge in [-0.1, -0.05) is 0 Å². The second kappa shape index (κ2) is 6.76. The fourth-order valence-corrected chi connectivity index (χ4v) is 1.75. The van der Waals surface area contributed by atoms with Crippen molar-refractivity contribution in [3.63, 3.8) is 0 Å². The molecule has 0 spiro atoms. The molecule has 1 amide bonds. The van der Waals surface area contributed by atoms with E-state index in [1.807, 2.05) is 10.2 Å². The summed E-state index contributed by atoms with van der Waals surface area (Å²) in [6, 6.07) is 0. The Labute approximate surface area is 90.1 Å². The van der Waals surface area contributed by atoms with Crippen LogP contribution in [0.4, 0.5) is 0 Å². The standard InChI is InChI=1S/C10H20N2O3/c13-8-9(14)7-11-4-2-6-12-5-1-3-10(12)15/h9,11,13-14H,1-8H2/p+1/t9-/m0/s1. The summed E-state index contributed by atoms with van der Waals surface area (Å²) in [5.41, 5.74) is 0. The third-order valence-electron chi connectivity index (χ3n) is 2.66. The lowest BCUT2D eigenvalue weighted by Gasteiger charge is -2.14. The minimum atomic E-state index is -0.626. The molecule has 0 aromatic carbocycles. The quantitative estimate of drug-likeness (QED) is 0.428. The van der Waals surface area contributed by atoms with E-state index in [1.165, 1.54) is 0 Å². The van der Waals surface area contributed by atoms with Crippen LogP contribution in [0.2, 0.25) is 0 Å². The second-order valence-corrected chi connectivity index (χ2v) is 3.99. The fraction of sp³-hybridized carbons (Fsp3) is 0.900. The molecule has 1 fully saturated rings. The van der Waals surface area contributed by atoms with Gasteiger partial charge in [0, 0.05) is 25.9 Å². The Balaban J connectivity index is 1.95. The average Bonchev–Trinajstić information content (AvgIpc) is 2.63. The second-order valence-electron chi connectivity index (χ2n) is 3.99. The summed E-state index contributed by atoms with van der Waals surface area (Å²) >= 11 is 0. The van der Waals surface area contributed by atoms with Crippen molar-refractivity contribution in [2.24, 2.45) is 0 Å². The van der Waals surface area contributed by atoms with Crippen molar-refractivity contribution in [2.45, 2.75) is 25.4 Å². The van der Waals surface area contributed by atoms with E-state index in [-0.39, 0.29) is 12.5 Å². The van der Waals surface area contributed by atoms with Gasteiger partial charge >= 0.3 is 0 Å². The van der Waals surface area contributed by atoms with Gasteiger partial charge in [-0.25, -0.2) is 0 Å². The number of rotatable bonds is 7. The van der Waals surface area contributed by atoms with E-state index in [2.05, 4.69) is 0 Å². The molecule has 5 nitrogen and oxygen atoms in total. The van der Waals surface area contributed by atoms with E-state index >= 15 is 0 Å². The molecule has 4 N–H and O–H groups in total. The third-order valence-corrected chi connectivity index (χ3v) is 2.66. The van der Waals surface area contributed by atoms with Crippen molar-refractivity contribution in [2.75, 3.05) is 32.8 Å². The number of nitrogens with zero attached hydrogens (tertiary/aromatic N) is 1. The Morgan fingerprint density at radius 1 is 1.53 bits per heavy atom. The summed E-state index contributed by atoms with van der Waals surface area (Å²) in [5.74, 6) is 0.269. The van der Waals surface area contributed by atoms with Crippen LogP contribution in [0.3, 0.4) is 0 Å². The number of carbonyl (C=O) groups excluding carboxylic acids is 1. The highest BCUT2D eigenvalue weighted by molar-refractivity contribution is 5.77. The topological polar surface area (TPSA) is 77.4 Å². The largest absolute Gasteiger partial charge is 0.393 e. The molecule has 0 aromatic heterocycles. The van der Waals surface area contributed by atoms with Gasteiger partial charge in [0.25, 0.3) is 0 Å². The molecular weight excluding hydrogens is 196 g/mol. The van der Waals surface area contributed by atoms with Crippen molar-refractivity contribution in [1.29, 1.82) is 0 Å². The molecular formula is C10H21N2O3+. The molecule has 5 heteroatoms. The van der Waals surface area contributed by atoms with E-state index in [0.717, 1.165) is 32.5 Å². The van der Waals surface area contributed by atoms with E-state index in [0.29, 0.717) is 13.0 Å². The van der Waals surface area contributed by atoms with Crippen molar-refractivity contribution in [3.8, 4) is 0 Å². The molecule has 1 saturated heterocycles. The molecule has 0 aliphatic carbocycles. The number of hydrogen-bond donors (Lipinski definition) is 3. The first-order valence-electron chi connectivity index (χ1n) is 5.62. The summed E-state index contributed by atoms with van der Waals surface area (Å²) in [7, 11) is 0. The monoisotopic (exact) mass is 217 g/mol. The summed E-state index contributed by atoms with van der Waals surface area (Å²) in [4.78, 5) is 13.1. The smallest absolute Gasteiger partial charge is 0.222 e. The number of carbonyl (C=O) groups is 1. The first-order valence-corrected chi connectivity index (χ1v) is 5.62. The van der Waals surface area contributed by atoms with Crippen LogP contribution >= 0.6 is 0 Å². The highest BCUT2D eigenvalue weighted by Crippen LogP contribution is 2.08. The Morgan fingerprint density at radius 3 is 2.93 bits per heavy atom. The van der Waals surface area contributed by atoms with E-state index in [1.54, 1.807) is 0 Å². The van der Waals surface area contributed by atoms with Crippen LogP contribution in [0.1, 0.15) is 19.3 Å². The van der Waals surface area contributed by atoms with Crippen LogP contribution in [-0.4, -0.2) is 59.9 Å². The maximum Gasteiger partial charge on any atom is 0.222 e. The maximum atomic E-state index is 11.2. The first kappa shape index (κ1) is 12.4. The molecule has 0 saturated carbocycles. The van der Waals surface area contributed by atoms with Crippen LogP contribution < -0.4 is 5.32 Å². The van der Waals surface area contributed by atoms with E-state index in [4.69, 9.17) is 10.2 Å². The molecule has 0 aromatic rings. The highest BCUT2D eigenvalue weighted by atomic mass is 16.3. The summed E-state index contributed by atoms with van der Waals surface area (Å²) < 4.78 is 0. The summed E-state index contributed by atoms with van der Waals surface area (Å²) in [6.45, 7) is 2.97. The average molecular weight is 217 g/mol. The number of aliphatic hydroxyl groups excluding tert-OH is 2. The molecule has 0 radical (unpaired) electrons. The lowest BCUT2D eigenvalue weighted by atomic mass is 10.3. The number of aliphatic hydroxyl groups is 2. The van der Waals surface area contributed by atoms with Gasteiger partial charge in [-0.05, 0) is 6.42 Å². The molecule has 1 aliphatic heterocycles. The van der Waals surface area contributed by atoms with Gasteiger partial charge in [0.05, 0.1) is 13.2 Å². The van der Waals surface area contributed by atoms with Gasteiger partial charge in [-0.15, -0.1) is 0 Å². The van der Waals surface area contributed by atoms with Gasteiger partial charge in [0.2, 0.25) is 5.91 Å². The van der Waals surface area contributed by atoms with Crippen LogP contribution in [0.5, 0.6) is 0 Å². The zero-order valence-electron chi connectivity index (χ0n) is 9.06. The molecule has 1 aliphatic rings. The number of hydrogen-bond acceptors (Lipinski definition) is 3. The first-order chi connectivity index (χ1) is 7.24. The Hall–Kier alpha value is -0.650. The van der Waals surface area contributed by atoms with Crippen LogP contribution in [-0.2, 0) is 4.79 Å². The maximum absolute atomic E-state index is 11.2. The molecule has 1 rings (SSSR count). The predicted octanol–water partition coefficient (Wildman–Crippen LogP) is -2.08. The van der Waals surface area contributed by atoms with E-state index < -0.39 is 6.10 Å². The number of quaternary nitrogens is 1. The van der Waals surface area contributed by atoms with Gasteiger partial charge in [-0.3, -0.25) is 4.79 Å². The van der Waals surface area contributed by atoms with Crippen LogP contribution in [0.15, 0.2) is 0 Å². The third kappa shape index (κ3) is 4.59. The highest BCUT2D eigenvalue weighted by Gasteiger charge is 2.19. The fourth-order valence-electron chi connectivity index (χ4n) is 1.75. The number of nitrogens with two attached hydrogens (primary N) is 1. The van der Waals surface area contributed by atoms with Gasteiger partial charge in [0.1, 0.15) is 12.6 Å². The molecule has 1 heterocycles. The van der Waals surface area contributed by atoms with Crippen molar-refractivity contribution in [1.82, 2.24) is 4.90 Å². The summed E-state index contributed by atoms with van der Waals surface area (Å²) in [6.07, 6.45) is 2.02. The number of amides is 1. The predicted molar refractivity (Wildman–Crippen MR) is 55.2 cm³/mol. The Kier molecular flexibility index (Phi) is 5.60. The van der Waals surface area contributed by atoms with Gasteiger partial charge in [0.15, 0.2) is 0 Å². The summed E-state index contributed by atoms with van der Waals surface area (Å²) in [5, 5.41) is 19.6. The van der Waals surface area contributed by atoms with E-state index in [9.17, 15) is 4.79 Å². The SMILES string of the molecule is O=C1CCCN1CCC[NH2+]C[C@H](O)CO. The molecule has 15 heavy (non-hydrogen) atoms. The molecule has 0 unspecified atom stereocenters. The zero-order chi connectivity index (χ0) is 11.1. The normalized spacial score (nSPS) is 18.5. The Bertz CT molecular complexity index is 199. The van der Waals surface area contributed by atoms with Crippen molar-refractivity contribution in [3.05, 3.63) is 0 Å². The van der Waals surface area contributed by atoms with Crippen LogP contribution in [0, 0.1) is 0 Å². The molecule has 0 bridgehead atoms. The molecule has 1 atom stereocenters. The van der Waals surface area contributed by atoms with Crippen LogP contribution in [0.25, 0.3) is 0 Å². The van der Waals surface area contributed by atoms with Gasteiger partial charge < -0.3 is 20.4 Å². The minimum Gasteiger partial charge on any atom is -0.393 e. The lowest BCUT2D eigenvalue weighted by Crippen LogP contribution is -2.86. The Morgan fingerprint density at radius 2 is 2.33 bits per heavy atom. The number of likely N-dealkylation sites (tertiary alicyclic amines) is 1. The lowest BCUT2D eigenvalue weighted by molar-refractivity contribution is -0.661. The molecule has 88 valence electrons.